The van der Waals surface area contributed by atoms with E-state index in [0.29, 0.717) is 5.02 Å². The fourth-order valence-electron chi connectivity index (χ4n) is 1.13. The minimum atomic E-state index is -3.89. The Bertz CT molecular complexity index is 540. The molecule has 5 nitrogen and oxygen atoms in total. The second-order valence-electron chi connectivity index (χ2n) is 3.83. The average molecular weight is 277 g/mol. The summed E-state index contributed by atoms with van der Waals surface area (Å²) in [6.07, 6.45) is 0. The van der Waals surface area contributed by atoms with Crippen LogP contribution in [0.5, 0.6) is 0 Å². The highest BCUT2D eigenvalue weighted by Crippen LogP contribution is 2.24. The van der Waals surface area contributed by atoms with E-state index in [4.69, 9.17) is 16.7 Å². The highest BCUT2D eigenvalue weighted by Gasteiger charge is 2.17. The van der Waals surface area contributed by atoms with Crippen molar-refractivity contribution in [2.45, 2.75) is 18.7 Å². The maximum absolute atomic E-state index is 11.5. The third kappa shape index (κ3) is 3.69. The largest absolute Gasteiger partial charge is 0.325 e. The Morgan fingerprint density at radius 2 is 2.00 bits per heavy atom. The van der Waals surface area contributed by atoms with E-state index in [0.717, 1.165) is 0 Å². The van der Waals surface area contributed by atoms with E-state index in [2.05, 4.69) is 5.32 Å². The number of halogens is 1. The first-order chi connectivity index (χ1) is 7.71. The number of nitrogens with one attached hydrogen (secondary N) is 1. The molecule has 0 unspecified atom stereocenters. The number of hydrogen-bond donors (Lipinski definition) is 2. The summed E-state index contributed by atoms with van der Waals surface area (Å²) in [5.41, 5.74) is 0.0960. The number of carbonyl (C=O) groups excluding carboxylic acids is 1. The summed E-state index contributed by atoms with van der Waals surface area (Å²) in [7, 11) is -3.89. The molecule has 94 valence electrons. The zero-order valence-electron chi connectivity index (χ0n) is 9.40. The minimum absolute atomic E-state index is 0.0960. The van der Waals surface area contributed by atoms with Crippen LogP contribution >= 0.6 is 11.6 Å². The molecule has 0 bridgehead atoms. The van der Waals surface area contributed by atoms with E-state index in [9.17, 15) is 13.2 Å². The highest BCUT2D eigenvalue weighted by atomic mass is 35.5. The number of rotatable bonds is 3. The van der Waals surface area contributed by atoms with Gasteiger partial charge in [-0.05, 0) is 18.2 Å². The number of nitrogens with two attached hydrogens (primary N) is 1. The first-order valence-electron chi connectivity index (χ1n) is 4.85. The van der Waals surface area contributed by atoms with Gasteiger partial charge in [0.05, 0.1) is 5.69 Å². The van der Waals surface area contributed by atoms with Gasteiger partial charge in [-0.25, -0.2) is 13.6 Å². The van der Waals surface area contributed by atoms with Gasteiger partial charge in [-0.15, -0.1) is 0 Å². The fraction of sp³-hybridized carbons (Fsp3) is 0.300. The Hall–Kier alpha value is -1.11. The molecular formula is C10H13ClN2O3S. The van der Waals surface area contributed by atoms with Gasteiger partial charge in [0.2, 0.25) is 15.9 Å². The molecule has 0 aliphatic heterocycles. The Morgan fingerprint density at radius 1 is 1.41 bits per heavy atom. The van der Waals surface area contributed by atoms with E-state index < -0.39 is 10.0 Å². The molecule has 1 aromatic rings. The second-order valence-corrected chi connectivity index (χ2v) is 5.80. The molecule has 0 radical (unpaired) electrons. The summed E-state index contributed by atoms with van der Waals surface area (Å²) in [5.74, 6) is -0.584. The molecule has 3 N–H and O–H groups in total. The maximum atomic E-state index is 11.5. The zero-order valence-corrected chi connectivity index (χ0v) is 11.0. The van der Waals surface area contributed by atoms with Crippen LogP contribution in [0.4, 0.5) is 5.69 Å². The molecule has 7 heteroatoms. The van der Waals surface area contributed by atoms with Crippen molar-refractivity contribution < 1.29 is 13.2 Å². The quantitative estimate of drug-likeness (QED) is 0.878. The van der Waals surface area contributed by atoms with Crippen LogP contribution in [-0.4, -0.2) is 14.3 Å². The predicted octanol–water partition coefficient (Wildman–Crippen LogP) is 1.58. The SMILES string of the molecule is CC(C)C(=O)Nc1cc(Cl)ccc1S(N)(=O)=O. The standard InChI is InChI=1S/C10H13ClN2O3S/c1-6(2)10(14)13-8-5-7(11)3-4-9(8)17(12,15)16/h3-6H,1-2H3,(H,13,14)(H2,12,15,16). The van der Waals surface area contributed by atoms with Crippen molar-refractivity contribution in [2.24, 2.45) is 11.1 Å². The smallest absolute Gasteiger partial charge is 0.240 e. The zero-order chi connectivity index (χ0) is 13.2. The summed E-state index contributed by atoms with van der Waals surface area (Å²) < 4.78 is 22.6. The molecule has 0 spiro atoms. The molecule has 0 aliphatic carbocycles. The van der Waals surface area contributed by atoms with Crippen molar-refractivity contribution in [3.63, 3.8) is 0 Å². The lowest BCUT2D eigenvalue weighted by Gasteiger charge is -2.11. The van der Waals surface area contributed by atoms with Crippen molar-refractivity contribution in [3.05, 3.63) is 23.2 Å². The van der Waals surface area contributed by atoms with Gasteiger partial charge in [-0.3, -0.25) is 4.79 Å². The number of amides is 1. The van der Waals surface area contributed by atoms with Crippen LogP contribution in [0.2, 0.25) is 5.02 Å². The van der Waals surface area contributed by atoms with E-state index in [1.54, 1.807) is 13.8 Å². The van der Waals surface area contributed by atoms with Gasteiger partial charge in [-0.1, -0.05) is 25.4 Å². The van der Waals surface area contributed by atoms with Crippen LogP contribution in [0.25, 0.3) is 0 Å². The van der Waals surface area contributed by atoms with Crippen LogP contribution < -0.4 is 10.5 Å². The lowest BCUT2D eigenvalue weighted by atomic mass is 10.2. The Morgan fingerprint density at radius 3 is 2.47 bits per heavy atom. The molecule has 1 amide bonds. The fourth-order valence-corrected chi connectivity index (χ4v) is 1.97. The van der Waals surface area contributed by atoms with Crippen LogP contribution in [-0.2, 0) is 14.8 Å². The Kier molecular flexibility index (Phi) is 4.13. The third-order valence-electron chi connectivity index (χ3n) is 2.03. The topological polar surface area (TPSA) is 89.3 Å². The number of primary sulfonamides is 1. The molecule has 0 heterocycles. The second kappa shape index (κ2) is 5.03. The van der Waals surface area contributed by atoms with Crippen molar-refractivity contribution in [1.29, 1.82) is 0 Å². The van der Waals surface area contributed by atoms with Gasteiger partial charge in [0.1, 0.15) is 4.90 Å². The summed E-state index contributed by atoms with van der Waals surface area (Å²) in [5, 5.41) is 7.83. The summed E-state index contributed by atoms with van der Waals surface area (Å²) >= 11 is 5.74. The van der Waals surface area contributed by atoms with Crippen LogP contribution in [0.1, 0.15) is 13.8 Å². The molecule has 1 aromatic carbocycles. The highest BCUT2D eigenvalue weighted by molar-refractivity contribution is 7.89. The third-order valence-corrected chi connectivity index (χ3v) is 3.23. The number of carbonyl (C=O) groups is 1. The first-order valence-corrected chi connectivity index (χ1v) is 6.77. The maximum Gasteiger partial charge on any atom is 0.240 e. The molecule has 0 atom stereocenters. The normalized spacial score (nSPS) is 11.6. The lowest BCUT2D eigenvalue weighted by molar-refractivity contribution is -0.118. The van der Waals surface area contributed by atoms with Gasteiger partial charge in [0.25, 0.3) is 0 Å². The molecule has 0 saturated heterocycles. The number of anilines is 1. The van der Waals surface area contributed by atoms with E-state index in [-0.39, 0.29) is 22.4 Å². The van der Waals surface area contributed by atoms with Gasteiger partial charge < -0.3 is 5.32 Å². The van der Waals surface area contributed by atoms with Crippen LogP contribution in [0.15, 0.2) is 23.1 Å². The summed E-state index contributed by atoms with van der Waals surface area (Å²) in [6.45, 7) is 3.38. The lowest BCUT2D eigenvalue weighted by Crippen LogP contribution is -2.21. The van der Waals surface area contributed by atoms with Crippen LogP contribution in [0.3, 0.4) is 0 Å². The molecule has 0 saturated carbocycles. The monoisotopic (exact) mass is 276 g/mol. The average Bonchev–Trinajstić information content (AvgIpc) is 2.15. The molecule has 0 aliphatic rings. The summed E-state index contributed by atoms with van der Waals surface area (Å²) in [4.78, 5) is 11.4. The van der Waals surface area contributed by atoms with Crippen molar-refractivity contribution in [2.75, 3.05) is 5.32 Å². The van der Waals surface area contributed by atoms with Crippen LogP contribution in [0, 0.1) is 5.92 Å². The van der Waals surface area contributed by atoms with Gasteiger partial charge in [0.15, 0.2) is 0 Å². The van der Waals surface area contributed by atoms with Crippen molar-refractivity contribution >= 4 is 33.2 Å². The van der Waals surface area contributed by atoms with E-state index in [1.165, 1.54) is 18.2 Å². The Balaban J connectivity index is 3.22. The molecule has 1 rings (SSSR count). The first kappa shape index (κ1) is 14.0. The van der Waals surface area contributed by atoms with Gasteiger partial charge in [-0.2, -0.15) is 0 Å². The number of benzene rings is 1. The summed E-state index contributed by atoms with van der Waals surface area (Å²) in [6, 6.07) is 4.00. The molecular weight excluding hydrogens is 264 g/mol. The molecule has 0 fully saturated rings. The molecule has 0 aromatic heterocycles. The van der Waals surface area contributed by atoms with E-state index in [1.807, 2.05) is 0 Å². The van der Waals surface area contributed by atoms with Crippen molar-refractivity contribution in [3.8, 4) is 0 Å². The van der Waals surface area contributed by atoms with E-state index >= 15 is 0 Å². The van der Waals surface area contributed by atoms with Gasteiger partial charge in [0, 0.05) is 10.9 Å². The van der Waals surface area contributed by atoms with Gasteiger partial charge >= 0.3 is 0 Å². The molecule has 17 heavy (non-hydrogen) atoms. The Labute approximate surface area is 105 Å². The predicted molar refractivity (Wildman–Crippen MR) is 66.3 cm³/mol. The number of hydrogen-bond acceptors (Lipinski definition) is 3. The number of sulfonamides is 1. The van der Waals surface area contributed by atoms with Crippen molar-refractivity contribution in [1.82, 2.24) is 0 Å². The minimum Gasteiger partial charge on any atom is -0.325 e.